The first-order valence-electron chi connectivity index (χ1n) is 7.01. The van der Waals surface area contributed by atoms with Crippen LogP contribution in [0.5, 0.6) is 0 Å². The molecule has 2 aromatic rings. The molecule has 0 aliphatic rings. The Bertz CT molecular complexity index is 724. The second-order valence-electron chi connectivity index (χ2n) is 4.91. The average Bonchev–Trinajstić information content (AvgIpc) is 2.54. The number of carbonyl (C=O) groups excluding carboxylic acids is 1. The van der Waals surface area contributed by atoms with Gasteiger partial charge < -0.3 is 10.4 Å². The molecular formula is C17H17N3O3. The standard InChI is InChI=1S/C17H17N3O3/c1-12-6-8-14(9-7-12)18-11-16(21)20-19-10-13-4-2-3-5-15(13)17(22)23/h2-10,18H,11H2,1H3,(H,20,21)(H,22,23)/b19-10+. The van der Waals surface area contributed by atoms with Crippen molar-refractivity contribution in [2.24, 2.45) is 5.10 Å². The summed E-state index contributed by atoms with van der Waals surface area (Å²) in [6, 6.07) is 14.1. The minimum atomic E-state index is -1.04. The number of benzene rings is 2. The van der Waals surface area contributed by atoms with E-state index in [0.717, 1.165) is 11.3 Å². The number of rotatable bonds is 6. The second-order valence-corrected chi connectivity index (χ2v) is 4.91. The van der Waals surface area contributed by atoms with Crippen molar-refractivity contribution >= 4 is 23.8 Å². The molecular weight excluding hydrogens is 294 g/mol. The van der Waals surface area contributed by atoms with E-state index < -0.39 is 5.97 Å². The van der Waals surface area contributed by atoms with Crippen LogP contribution in [0.15, 0.2) is 53.6 Å². The maximum atomic E-state index is 11.7. The highest BCUT2D eigenvalue weighted by Gasteiger charge is 2.06. The van der Waals surface area contributed by atoms with Crippen molar-refractivity contribution in [3.63, 3.8) is 0 Å². The predicted octanol–water partition coefficient (Wildman–Crippen LogP) is 2.26. The number of carboxylic acids is 1. The number of nitrogens with one attached hydrogen (secondary N) is 2. The molecule has 2 rings (SSSR count). The quantitative estimate of drug-likeness (QED) is 0.564. The molecule has 0 aliphatic carbocycles. The van der Waals surface area contributed by atoms with Crippen LogP contribution in [0.3, 0.4) is 0 Å². The van der Waals surface area contributed by atoms with Gasteiger partial charge in [0.05, 0.1) is 18.3 Å². The Labute approximate surface area is 133 Å². The molecule has 0 radical (unpaired) electrons. The first-order chi connectivity index (χ1) is 11.1. The smallest absolute Gasteiger partial charge is 0.336 e. The minimum Gasteiger partial charge on any atom is -0.478 e. The van der Waals surface area contributed by atoms with Gasteiger partial charge in [0.15, 0.2) is 0 Å². The van der Waals surface area contributed by atoms with E-state index in [0.29, 0.717) is 5.56 Å². The third-order valence-electron chi connectivity index (χ3n) is 3.09. The molecule has 2 aromatic carbocycles. The van der Waals surface area contributed by atoms with Crippen LogP contribution in [-0.4, -0.2) is 29.7 Å². The number of hydrogen-bond acceptors (Lipinski definition) is 4. The second kappa shape index (κ2) is 7.74. The van der Waals surface area contributed by atoms with E-state index in [1.165, 1.54) is 12.3 Å². The number of aryl methyl sites for hydroxylation is 1. The van der Waals surface area contributed by atoms with Crippen LogP contribution >= 0.6 is 0 Å². The van der Waals surface area contributed by atoms with Gasteiger partial charge in [-0.15, -0.1) is 0 Å². The SMILES string of the molecule is Cc1ccc(NCC(=O)N/N=C/c2ccccc2C(=O)O)cc1. The van der Waals surface area contributed by atoms with E-state index >= 15 is 0 Å². The van der Waals surface area contributed by atoms with E-state index in [4.69, 9.17) is 5.11 Å². The van der Waals surface area contributed by atoms with E-state index in [9.17, 15) is 9.59 Å². The van der Waals surface area contributed by atoms with Gasteiger partial charge in [0.2, 0.25) is 0 Å². The van der Waals surface area contributed by atoms with Crippen LogP contribution in [0.25, 0.3) is 0 Å². The van der Waals surface area contributed by atoms with Gasteiger partial charge in [-0.2, -0.15) is 5.10 Å². The van der Waals surface area contributed by atoms with Crippen molar-refractivity contribution in [1.82, 2.24) is 5.43 Å². The Balaban J connectivity index is 1.87. The van der Waals surface area contributed by atoms with Crippen molar-refractivity contribution in [1.29, 1.82) is 0 Å². The molecule has 1 amide bonds. The van der Waals surface area contributed by atoms with Gasteiger partial charge in [0, 0.05) is 11.3 Å². The van der Waals surface area contributed by atoms with Crippen LogP contribution in [0.1, 0.15) is 21.5 Å². The summed E-state index contributed by atoms with van der Waals surface area (Å²) in [5.74, 6) is -1.37. The number of aromatic carboxylic acids is 1. The van der Waals surface area contributed by atoms with Crippen LogP contribution in [0, 0.1) is 6.92 Å². The molecule has 0 aromatic heterocycles. The monoisotopic (exact) mass is 311 g/mol. The lowest BCUT2D eigenvalue weighted by atomic mass is 10.1. The van der Waals surface area contributed by atoms with Crippen molar-refractivity contribution in [3.05, 3.63) is 65.2 Å². The topological polar surface area (TPSA) is 90.8 Å². The lowest BCUT2D eigenvalue weighted by Crippen LogP contribution is -2.25. The van der Waals surface area contributed by atoms with E-state index in [1.807, 2.05) is 31.2 Å². The summed E-state index contributed by atoms with van der Waals surface area (Å²) in [5.41, 5.74) is 4.88. The van der Waals surface area contributed by atoms with Crippen LogP contribution in [0.2, 0.25) is 0 Å². The molecule has 0 saturated heterocycles. The molecule has 118 valence electrons. The third-order valence-corrected chi connectivity index (χ3v) is 3.09. The number of hydrazone groups is 1. The molecule has 0 saturated carbocycles. The molecule has 0 spiro atoms. The Hall–Kier alpha value is -3.15. The number of anilines is 1. The predicted molar refractivity (Wildman–Crippen MR) is 88.8 cm³/mol. The number of nitrogens with zero attached hydrogens (tertiary/aromatic N) is 1. The van der Waals surface area contributed by atoms with Crippen LogP contribution in [0.4, 0.5) is 5.69 Å². The summed E-state index contributed by atoms with van der Waals surface area (Å²) in [6.45, 7) is 2.06. The van der Waals surface area contributed by atoms with Gasteiger partial charge in [-0.25, -0.2) is 10.2 Å². The third kappa shape index (κ3) is 4.96. The number of amides is 1. The first kappa shape index (κ1) is 16.2. The van der Waals surface area contributed by atoms with Gasteiger partial charge in [-0.05, 0) is 25.1 Å². The Morgan fingerprint density at radius 2 is 1.83 bits per heavy atom. The lowest BCUT2D eigenvalue weighted by molar-refractivity contribution is -0.119. The first-order valence-corrected chi connectivity index (χ1v) is 7.01. The molecule has 3 N–H and O–H groups in total. The summed E-state index contributed by atoms with van der Waals surface area (Å²) in [5, 5.41) is 15.8. The summed E-state index contributed by atoms with van der Waals surface area (Å²) in [7, 11) is 0. The molecule has 23 heavy (non-hydrogen) atoms. The maximum absolute atomic E-state index is 11.7. The molecule has 0 unspecified atom stereocenters. The van der Waals surface area contributed by atoms with E-state index in [2.05, 4.69) is 15.8 Å². The van der Waals surface area contributed by atoms with Gasteiger partial charge in [0.1, 0.15) is 0 Å². The Morgan fingerprint density at radius 1 is 1.13 bits per heavy atom. The zero-order valence-electron chi connectivity index (χ0n) is 12.6. The highest BCUT2D eigenvalue weighted by Crippen LogP contribution is 2.08. The average molecular weight is 311 g/mol. The van der Waals surface area contributed by atoms with E-state index in [1.54, 1.807) is 18.2 Å². The fourth-order valence-electron chi connectivity index (χ4n) is 1.87. The molecule has 0 bridgehead atoms. The molecule has 0 atom stereocenters. The molecule has 6 heteroatoms. The van der Waals surface area contributed by atoms with Gasteiger partial charge in [-0.1, -0.05) is 35.9 Å². The zero-order chi connectivity index (χ0) is 16.7. The van der Waals surface area contributed by atoms with Crippen LogP contribution < -0.4 is 10.7 Å². The van der Waals surface area contributed by atoms with Gasteiger partial charge in [0.25, 0.3) is 5.91 Å². The summed E-state index contributed by atoms with van der Waals surface area (Å²) < 4.78 is 0. The molecule has 0 fully saturated rings. The van der Waals surface area contributed by atoms with Crippen LogP contribution in [-0.2, 0) is 4.79 Å². The molecule has 6 nitrogen and oxygen atoms in total. The van der Waals surface area contributed by atoms with E-state index in [-0.39, 0.29) is 18.0 Å². The zero-order valence-corrected chi connectivity index (χ0v) is 12.6. The minimum absolute atomic E-state index is 0.0704. The number of carboxylic acid groups (broad SMARTS) is 1. The largest absolute Gasteiger partial charge is 0.478 e. The number of carbonyl (C=O) groups is 2. The highest BCUT2D eigenvalue weighted by molar-refractivity contribution is 5.98. The van der Waals surface area contributed by atoms with Crippen molar-refractivity contribution in [2.45, 2.75) is 6.92 Å². The molecule has 0 aliphatic heterocycles. The normalized spacial score (nSPS) is 10.5. The molecule has 0 heterocycles. The van der Waals surface area contributed by atoms with Crippen molar-refractivity contribution in [2.75, 3.05) is 11.9 Å². The van der Waals surface area contributed by atoms with Crippen molar-refractivity contribution < 1.29 is 14.7 Å². The highest BCUT2D eigenvalue weighted by atomic mass is 16.4. The van der Waals surface area contributed by atoms with Crippen molar-refractivity contribution in [3.8, 4) is 0 Å². The summed E-state index contributed by atoms with van der Waals surface area (Å²) in [4.78, 5) is 22.7. The van der Waals surface area contributed by atoms with Gasteiger partial charge in [-0.3, -0.25) is 4.79 Å². The summed E-state index contributed by atoms with van der Waals surface area (Å²) in [6.07, 6.45) is 1.31. The fourth-order valence-corrected chi connectivity index (χ4v) is 1.87. The summed E-state index contributed by atoms with van der Waals surface area (Å²) >= 11 is 0. The lowest BCUT2D eigenvalue weighted by Gasteiger charge is -2.05. The Morgan fingerprint density at radius 3 is 2.52 bits per heavy atom. The Kier molecular flexibility index (Phi) is 5.46. The van der Waals surface area contributed by atoms with Gasteiger partial charge >= 0.3 is 5.97 Å². The number of hydrogen-bond donors (Lipinski definition) is 3. The maximum Gasteiger partial charge on any atom is 0.336 e. The fraction of sp³-hybridized carbons (Fsp3) is 0.118.